The number of hydrogen-bond donors (Lipinski definition) is 2. The van der Waals surface area contributed by atoms with Gasteiger partial charge < -0.3 is 15.5 Å². The molecule has 0 atom stereocenters. The Bertz CT molecular complexity index is 795. The lowest BCUT2D eigenvalue weighted by Gasteiger charge is -2.31. The molecule has 0 aliphatic heterocycles. The minimum Gasteiger partial charge on any atom is -0.355 e. The average molecular weight is 409 g/mol. The maximum atomic E-state index is 12.7. The van der Waals surface area contributed by atoms with Crippen molar-refractivity contribution in [1.29, 1.82) is 0 Å². The summed E-state index contributed by atoms with van der Waals surface area (Å²) in [4.78, 5) is 18.6. The fraction of sp³-hybridized carbons (Fsp3) is 0.600. The number of benzene rings is 1. The lowest BCUT2D eigenvalue weighted by atomic mass is 9.84. The molecule has 0 unspecified atom stereocenters. The zero-order valence-corrected chi connectivity index (χ0v) is 18.1. The maximum absolute atomic E-state index is 12.7. The number of rotatable bonds is 7. The summed E-state index contributed by atoms with van der Waals surface area (Å²) in [5.41, 5.74) is 1.45. The summed E-state index contributed by atoms with van der Waals surface area (Å²) in [5, 5.41) is 6.57. The molecule has 0 aromatic heterocycles. The van der Waals surface area contributed by atoms with Crippen molar-refractivity contribution in [3.63, 3.8) is 0 Å². The maximum Gasteiger partial charge on any atom is 0.230 e. The molecule has 1 saturated carbocycles. The van der Waals surface area contributed by atoms with E-state index in [4.69, 9.17) is 0 Å². The number of carbonyl (C=O) groups is 1. The minimum atomic E-state index is -3.03. The average Bonchev–Trinajstić information content (AvgIpc) is 3.11. The second kappa shape index (κ2) is 9.41. The summed E-state index contributed by atoms with van der Waals surface area (Å²) in [6, 6.07) is 7.48. The van der Waals surface area contributed by atoms with Crippen LogP contribution >= 0.6 is 0 Å². The molecule has 1 aromatic rings. The Morgan fingerprint density at radius 2 is 1.68 bits per heavy atom. The molecule has 0 bridgehead atoms. The molecular weight excluding hydrogens is 376 g/mol. The Hall–Kier alpha value is -2.09. The molecule has 1 aliphatic rings. The monoisotopic (exact) mass is 408 g/mol. The van der Waals surface area contributed by atoms with Gasteiger partial charge >= 0.3 is 0 Å². The van der Waals surface area contributed by atoms with Crippen LogP contribution in [0, 0.1) is 5.41 Å². The standard InChI is InChI=1S/C20H32N4O3S/c1-21-19(23-15-20(11-5-6-12-20)18(25)24(2)3)22-13-16-7-9-17(10-8-16)14-28(4,26)27/h7-10H,5-6,11-15H2,1-4H3,(H2,21,22,23). The van der Waals surface area contributed by atoms with Crippen LogP contribution in [0.2, 0.25) is 0 Å². The Kier molecular flexibility index (Phi) is 7.46. The van der Waals surface area contributed by atoms with Gasteiger partial charge in [0.05, 0.1) is 11.2 Å². The molecule has 1 fully saturated rings. The summed E-state index contributed by atoms with van der Waals surface area (Å²) >= 11 is 0. The smallest absolute Gasteiger partial charge is 0.230 e. The fourth-order valence-electron chi connectivity index (χ4n) is 3.71. The molecule has 2 rings (SSSR count). The third-order valence-electron chi connectivity index (χ3n) is 5.15. The molecule has 156 valence electrons. The first-order chi connectivity index (χ1) is 13.1. The predicted molar refractivity (Wildman–Crippen MR) is 113 cm³/mol. The zero-order valence-electron chi connectivity index (χ0n) is 17.3. The van der Waals surface area contributed by atoms with Gasteiger partial charge in [-0.25, -0.2) is 8.42 Å². The number of hydrogen-bond acceptors (Lipinski definition) is 4. The van der Waals surface area contributed by atoms with Crippen molar-refractivity contribution in [2.75, 3.05) is 33.9 Å². The topological polar surface area (TPSA) is 90.9 Å². The van der Waals surface area contributed by atoms with E-state index >= 15 is 0 Å². The highest BCUT2D eigenvalue weighted by atomic mass is 32.2. The number of nitrogens with one attached hydrogen (secondary N) is 2. The van der Waals surface area contributed by atoms with E-state index in [9.17, 15) is 13.2 Å². The van der Waals surface area contributed by atoms with Crippen molar-refractivity contribution >= 4 is 21.7 Å². The van der Waals surface area contributed by atoms with Gasteiger partial charge in [0.2, 0.25) is 5.91 Å². The lowest BCUT2D eigenvalue weighted by molar-refractivity contribution is -0.138. The minimum absolute atomic E-state index is 0.0475. The van der Waals surface area contributed by atoms with Gasteiger partial charge in [0.25, 0.3) is 0 Å². The third-order valence-corrected chi connectivity index (χ3v) is 6.01. The van der Waals surface area contributed by atoms with E-state index in [-0.39, 0.29) is 17.1 Å². The summed E-state index contributed by atoms with van der Waals surface area (Å²) in [6.45, 7) is 1.13. The Balaban J connectivity index is 1.91. The van der Waals surface area contributed by atoms with Gasteiger partial charge in [0, 0.05) is 40.5 Å². The predicted octanol–water partition coefficient (Wildman–Crippen LogP) is 1.54. The van der Waals surface area contributed by atoms with Crippen LogP contribution in [0.1, 0.15) is 36.8 Å². The van der Waals surface area contributed by atoms with Crippen molar-refractivity contribution in [3.05, 3.63) is 35.4 Å². The quantitative estimate of drug-likeness (QED) is 0.528. The Morgan fingerprint density at radius 1 is 1.11 bits per heavy atom. The Morgan fingerprint density at radius 3 is 2.18 bits per heavy atom. The number of carbonyl (C=O) groups excluding carboxylic acids is 1. The third kappa shape index (κ3) is 6.22. The number of guanidine groups is 1. The molecule has 1 aromatic carbocycles. The summed E-state index contributed by atoms with van der Waals surface area (Å²) in [6.07, 6.45) is 5.18. The number of aliphatic imine (C=N–C) groups is 1. The number of nitrogens with zero attached hydrogens (tertiary/aromatic N) is 2. The van der Waals surface area contributed by atoms with Crippen molar-refractivity contribution in [1.82, 2.24) is 15.5 Å². The SMILES string of the molecule is CN=C(NCc1ccc(CS(C)(=O)=O)cc1)NCC1(C(=O)N(C)C)CCCC1. The highest BCUT2D eigenvalue weighted by molar-refractivity contribution is 7.89. The van der Waals surface area contributed by atoms with E-state index in [2.05, 4.69) is 15.6 Å². The largest absolute Gasteiger partial charge is 0.355 e. The van der Waals surface area contributed by atoms with Gasteiger partial charge in [-0.1, -0.05) is 37.1 Å². The van der Waals surface area contributed by atoms with Gasteiger partial charge in [-0.05, 0) is 24.0 Å². The first kappa shape index (κ1) is 22.2. The highest BCUT2D eigenvalue weighted by Crippen LogP contribution is 2.38. The van der Waals surface area contributed by atoms with Gasteiger partial charge in [0.15, 0.2) is 15.8 Å². The van der Waals surface area contributed by atoms with Crippen molar-refractivity contribution in [2.45, 2.75) is 38.0 Å². The first-order valence-corrected chi connectivity index (χ1v) is 11.6. The molecule has 0 saturated heterocycles. The number of amides is 1. The van der Waals surface area contributed by atoms with Gasteiger partial charge in [-0.15, -0.1) is 0 Å². The second-order valence-electron chi connectivity index (χ2n) is 7.85. The van der Waals surface area contributed by atoms with Gasteiger partial charge in [-0.2, -0.15) is 0 Å². The van der Waals surface area contributed by atoms with Gasteiger partial charge in [-0.3, -0.25) is 9.79 Å². The summed E-state index contributed by atoms with van der Waals surface area (Å²) in [7, 11) is 2.29. The molecule has 1 amide bonds. The van der Waals surface area contributed by atoms with Crippen LogP contribution in [0.3, 0.4) is 0 Å². The van der Waals surface area contributed by atoms with Crippen LogP contribution in [0.5, 0.6) is 0 Å². The van der Waals surface area contributed by atoms with Crippen LogP contribution in [0.25, 0.3) is 0 Å². The van der Waals surface area contributed by atoms with E-state index in [0.717, 1.165) is 36.8 Å². The number of sulfone groups is 1. The van der Waals surface area contributed by atoms with Crippen LogP contribution in [0.4, 0.5) is 0 Å². The summed E-state index contributed by atoms with van der Waals surface area (Å²) < 4.78 is 22.7. The first-order valence-electron chi connectivity index (χ1n) is 9.57. The van der Waals surface area contributed by atoms with Crippen LogP contribution in [-0.4, -0.2) is 59.1 Å². The van der Waals surface area contributed by atoms with Crippen molar-refractivity contribution in [3.8, 4) is 0 Å². The molecular formula is C20H32N4O3S. The zero-order chi connectivity index (χ0) is 20.8. The Labute approximate surface area is 168 Å². The van der Waals surface area contributed by atoms with E-state index in [1.54, 1.807) is 11.9 Å². The highest BCUT2D eigenvalue weighted by Gasteiger charge is 2.42. The van der Waals surface area contributed by atoms with E-state index in [1.807, 2.05) is 38.4 Å². The van der Waals surface area contributed by atoms with E-state index < -0.39 is 9.84 Å². The molecule has 2 N–H and O–H groups in total. The molecule has 8 heteroatoms. The summed E-state index contributed by atoms with van der Waals surface area (Å²) in [5.74, 6) is 0.874. The van der Waals surface area contributed by atoms with E-state index in [1.165, 1.54) is 6.26 Å². The molecule has 0 heterocycles. The second-order valence-corrected chi connectivity index (χ2v) is 9.99. The molecule has 0 radical (unpaired) electrons. The van der Waals surface area contributed by atoms with Crippen molar-refractivity contribution in [2.24, 2.45) is 10.4 Å². The van der Waals surface area contributed by atoms with Crippen LogP contribution < -0.4 is 10.6 Å². The molecule has 1 aliphatic carbocycles. The van der Waals surface area contributed by atoms with Crippen LogP contribution in [-0.2, 0) is 26.9 Å². The van der Waals surface area contributed by atoms with Crippen molar-refractivity contribution < 1.29 is 13.2 Å². The van der Waals surface area contributed by atoms with Crippen LogP contribution in [0.15, 0.2) is 29.3 Å². The molecule has 28 heavy (non-hydrogen) atoms. The molecule has 7 nitrogen and oxygen atoms in total. The van der Waals surface area contributed by atoms with Gasteiger partial charge in [0.1, 0.15) is 0 Å². The van der Waals surface area contributed by atoms with E-state index in [0.29, 0.717) is 19.0 Å². The fourth-order valence-corrected chi connectivity index (χ4v) is 4.51. The lowest BCUT2D eigenvalue weighted by Crippen LogP contribution is -2.49. The normalized spacial score (nSPS) is 16.6. The molecule has 0 spiro atoms.